The second-order valence-corrected chi connectivity index (χ2v) is 8.67. The number of aromatic nitrogens is 1. The van der Waals surface area contributed by atoms with Crippen molar-refractivity contribution in [2.24, 2.45) is 0 Å². The van der Waals surface area contributed by atoms with Crippen LogP contribution in [0.5, 0.6) is 5.75 Å². The zero-order valence-corrected chi connectivity index (χ0v) is 17.1. The predicted octanol–water partition coefficient (Wildman–Crippen LogP) is 5.52. The van der Waals surface area contributed by atoms with E-state index in [9.17, 15) is 4.79 Å². The minimum Gasteiger partial charge on any atom is -0.480 e. The molecule has 4 rings (SSSR count). The van der Waals surface area contributed by atoms with Crippen LogP contribution in [0.1, 0.15) is 42.8 Å². The Morgan fingerprint density at radius 1 is 1.19 bits per heavy atom. The molecular weight excluding hydrogens is 404 g/mol. The van der Waals surface area contributed by atoms with E-state index in [0.29, 0.717) is 16.9 Å². The molecule has 1 unspecified atom stereocenters. The lowest BCUT2D eigenvalue weighted by Gasteiger charge is -2.29. The van der Waals surface area contributed by atoms with Crippen LogP contribution in [-0.4, -0.2) is 16.3 Å². The lowest BCUT2D eigenvalue weighted by atomic mass is 9.91. The summed E-state index contributed by atoms with van der Waals surface area (Å²) in [5.41, 5.74) is 2.99. The number of benzene rings is 2. The number of para-hydroxylation sites is 1. The SMILES string of the molecule is CC(C)(C)N/C=C1\C(=O)c2cc(Br)ccc2OC1c1c[nH]c2ccccc12. The Hall–Kier alpha value is -2.53. The Bertz CT molecular complexity index is 1060. The van der Waals surface area contributed by atoms with E-state index in [1.165, 1.54) is 0 Å². The molecule has 0 saturated carbocycles. The summed E-state index contributed by atoms with van der Waals surface area (Å²) in [6, 6.07) is 13.6. The molecule has 3 aromatic rings. The number of ketones is 1. The maximum Gasteiger partial charge on any atom is 0.198 e. The van der Waals surface area contributed by atoms with Crippen LogP contribution in [0.2, 0.25) is 0 Å². The van der Waals surface area contributed by atoms with Crippen LogP contribution >= 0.6 is 15.9 Å². The van der Waals surface area contributed by atoms with Gasteiger partial charge in [0.15, 0.2) is 11.9 Å². The van der Waals surface area contributed by atoms with Gasteiger partial charge in [0.1, 0.15) is 5.75 Å². The van der Waals surface area contributed by atoms with Gasteiger partial charge in [0.2, 0.25) is 0 Å². The quantitative estimate of drug-likeness (QED) is 0.532. The minimum atomic E-state index is -0.475. The van der Waals surface area contributed by atoms with Gasteiger partial charge in [0, 0.05) is 38.9 Å². The lowest BCUT2D eigenvalue weighted by molar-refractivity contribution is 0.0960. The zero-order valence-electron chi connectivity index (χ0n) is 15.5. The highest BCUT2D eigenvalue weighted by Crippen LogP contribution is 2.41. The van der Waals surface area contributed by atoms with Crippen molar-refractivity contribution in [1.82, 2.24) is 10.3 Å². The Morgan fingerprint density at radius 2 is 1.96 bits per heavy atom. The number of aromatic amines is 1. The average molecular weight is 425 g/mol. The third-order valence-electron chi connectivity index (χ3n) is 4.54. The van der Waals surface area contributed by atoms with Crippen LogP contribution in [0.15, 0.2) is 64.9 Å². The maximum atomic E-state index is 13.3. The Kier molecular flexibility index (Phi) is 4.35. The van der Waals surface area contributed by atoms with Gasteiger partial charge in [-0.25, -0.2) is 0 Å². The van der Waals surface area contributed by atoms with E-state index in [0.717, 1.165) is 20.9 Å². The fourth-order valence-corrected chi connectivity index (χ4v) is 3.59. The first-order chi connectivity index (χ1) is 12.8. The molecule has 0 radical (unpaired) electrons. The number of hydrogen-bond donors (Lipinski definition) is 2. The molecule has 2 N–H and O–H groups in total. The van der Waals surface area contributed by atoms with Crippen molar-refractivity contribution in [2.45, 2.75) is 32.4 Å². The Morgan fingerprint density at radius 3 is 2.74 bits per heavy atom. The predicted molar refractivity (Wildman–Crippen MR) is 111 cm³/mol. The number of Topliss-reactive ketones (excluding diaryl/α,β-unsaturated/α-hetero) is 1. The van der Waals surface area contributed by atoms with Gasteiger partial charge in [0.05, 0.1) is 11.1 Å². The highest BCUT2D eigenvalue weighted by atomic mass is 79.9. The molecule has 2 aromatic carbocycles. The van der Waals surface area contributed by atoms with E-state index in [1.807, 2.05) is 48.7 Å². The molecule has 0 saturated heterocycles. The number of nitrogens with one attached hydrogen (secondary N) is 2. The number of fused-ring (bicyclic) bond motifs is 2. The molecule has 0 aliphatic carbocycles. The number of carbonyl (C=O) groups is 1. The highest BCUT2D eigenvalue weighted by Gasteiger charge is 2.34. The molecule has 0 amide bonds. The number of H-pyrrole nitrogens is 1. The van der Waals surface area contributed by atoms with E-state index < -0.39 is 6.10 Å². The molecular formula is C22H21BrN2O2. The standard InChI is InChI=1S/C22H21BrN2O2/c1-22(2,3)25-12-17-20(26)15-10-13(23)8-9-19(15)27-21(17)16-11-24-18-7-5-4-6-14(16)18/h4-12,21,24-25H,1-3H3/b17-12+. The van der Waals surface area contributed by atoms with Gasteiger partial charge in [-0.3, -0.25) is 4.79 Å². The van der Waals surface area contributed by atoms with Crippen LogP contribution in [-0.2, 0) is 0 Å². The fourth-order valence-electron chi connectivity index (χ4n) is 3.22. The van der Waals surface area contributed by atoms with Crippen LogP contribution in [0.25, 0.3) is 10.9 Å². The molecule has 27 heavy (non-hydrogen) atoms. The number of rotatable bonds is 2. The van der Waals surface area contributed by atoms with Crippen molar-refractivity contribution in [2.75, 3.05) is 0 Å². The van der Waals surface area contributed by atoms with Crippen LogP contribution in [0.4, 0.5) is 0 Å². The van der Waals surface area contributed by atoms with E-state index in [1.54, 1.807) is 6.20 Å². The average Bonchev–Trinajstić information content (AvgIpc) is 3.04. The molecule has 138 valence electrons. The summed E-state index contributed by atoms with van der Waals surface area (Å²) in [4.78, 5) is 16.6. The lowest BCUT2D eigenvalue weighted by Crippen LogP contribution is -2.34. The van der Waals surface area contributed by atoms with Gasteiger partial charge in [-0.15, -0.1) is 0 Å². The van der Waals surface area contributed by atoms with Gasteiger partial charge in [-0.2, -0.15) is 0 Å². The van der Waals surface area contributed by atoms with E-state index in [4.69, 9.17) is 4.74 Å². The molecule has 0 bridgehead atoms. The first-order valence-electron chi connectivity index (χ1n) is 8.88. The van der Waals surface area contributed by atoms with Crippen LogP contribution in [0.3, 0.4) is 0 Å². The third kappa shape index (κ3) is 3.39. The van der Waals surface area contributed by atoms with Crippen LogP contribution < -0.4 is 10.1 Å². The molecule has 1 aliphatic rings. The molecule has 4 nitrogen and oxygen atoms in total. The summed E-state index contributed by atoms with van der Waals surface area (Å²) in [7, 11) is 0. The topological polar surface area (TPSA) is 54.1 Å². The summed E-state index contributed by atoms with van der Waals surface area (Å²) in [6.45, 7) is 6.18. The Labute approximate surface area is 166 Å². The number of ether oxygens (including phenoxy) is 1. The van der Waals surface area contributed by atoms with Crippen molar-refractivity contribution in [3.63, 3.8) is 0 Å². The van der Waals surface area contributed by atoms with Gasteiger partial charge >= 0.3 is 0 Å². The summed E-state index contributed by atoms with van der Waals surface area (Å²) < 4.78 is 7.17. The van der Waals surface area contributed by atoms with Crippen molar-refractivity contribution in [3.8, 4) is 5.75 Å². The Balaban J connectivity index is 1.87. The van der Waals surface area contributed by atoms with Gasteiger partial charge < -0.3 is 15.0 Å². The largest absolute Gasteiger partial charge is 0.480 e. The first kappa shape index (κ1) is 17.9. The maximum absolute atomic E-state index is 13.3. The fraction of sp³-hybridized carbons (Fsp3) is 0.227. The molecule has 1 aromatic heterocycles. The summed E-state index contributed by atoms with van der Waals surface area (Å²) in [5, 5.41) is 4.38. The molecule has 0 fully saturated rings. The van der Waals surface area contributed by atoms with E-state index >= 15 is 0 Å². The molecule has 0 spiro atoms. The molecule has 5 heteroatoms. The third-order valence-corrected chi connectivity index (χ3v) is 5.03. The number of hydrogen-bond acceptors (Lipinski definition) is 3. The summed E-state index contributed by atoms with van der Waals surface area (Å²) in [6.07, 6.45) is 3.26. The first-order valence-corrected chi connectivity index (χ1v) is 9.67. The van der Waals surface area contributed by atoms with Gasteiger partial charge in [-0.1, -0.05) is 34.1 Å². The highest BCUT2D eigenvalue weighted by molar-refractivity contribution is 9.10. The smallest absolute Gasteiger partial charge is 0.198 e. The monoisotopic (exact) mass is 424 g/mol. The number of carbonyl (C=O) groups excluding carboxylic acids is 1. The molecule has 1 atom stereocenters. The van der Waals surface area contributed by atoms with E-state index in [2.05, 4.69) is 47.0 Å². The van der Waals surface area contributed by atoms with Gasteiger partial charge in [0.25, 0.3) is 0 Å². The van der Waals surface area contributed by atoms with Crippen molar-refractivity contribution < 1.29 is 9.53 Å². The normalized spacial score (nSPS) is 18.4. The zero-order chi connectivity index (χ0) is 19.2. The summed E-state index contributed by atoms with van der Waals surface area (Å²) in [5.74, 6) is 0.580. The van der Waals surface area contributed by atoms with Crippen molar-refractivity contribution in [1.29, 1.82) is 0 Å². The second kappa shape index (κ2) is 6.57. The summed E-state index contributed by atoms with van der Waals surface area (Å²) >= 11 is 3.45. The minimum absolute atomic E-state index is 0.0235. The molecule has 1 aliphatic heterocycles. The van der Waals surface area contributed by atoms with Gasteiger partial charge in [-0.05, 0) is 45.0 Å². The second-order valence-electron chi connectivity index (χ2n) is 7.75. The molecule has 2 heterocycles. The van der Waals surface area contributed by atoms with Crippen molar-refractivity contribution >= 4 is 32.6 Å². The van der Waals surface area contributed by atoms with Crippen molar-refractivity contribution in [3.05, 3.63) is 76.0 Å². The number of halogens is 1. The van der Waals surface area contributed by atoms with E-state index in [-0.39, 0.29) is 11.3 Å². The van der Waals surface area contributed by atoms with Crippen LogP contribution in [0, 0.1) is 0 Å².